The SMILES string of the molecule is CCCNC(Cc1cccnc1N)c1ccc(F)cc1C. The molecule has 1 atom stereocenters. The maximum Gasteiger partial charge on any atom is 0.126 e. The van der Waals surface area contributed by atoms with Gasteiger partial charge in [-0.15, -0.1) is 0 Å². The summed E-state index contributed by atoms with van der Waals surface area (Å²) in [4.78, 5) is 4.13. The molecule has 0 fully saturated rings. The van der Waals surface area contributed by atoms with Crippen molar-refractivity contribution in [3.63, 3.8) is 0 Å². The molecule has 0 aliphatic rings. The molecule has 0 bridgehead atoms. The Hall–Kier alpha value is -1.94. The summed E-state index contributed by atoms with van der Waals surface area (Å²) in [5.41, 5.74) is 9.00. The Labute approximate surface area is 125 Å². The minimum Gasteiger partial charge on any atom is -0.383 e. The van der Waals surface area contributed by atoms with E-state index in [0.717, 1.165) is 36.1 Å². The van der Waals surface area contributed by atoms with Crippen molar-refractivity contribution in [3.8, 4) is 0 Å². The largest absolute Gasteiger partial charge is 0.383 e. The molecule has 3 N–H and O–H groups in total. The van der Waals surface area contributed by atoms with E-state index in [4.69, 9.17) is 5.73 Å². The van der Waals surface area contributed by atoms with Crippen molar-refractivity contribution in [2.75, 3.05) is 12.3 Å². The lowest BCUT2D eigenvalue weighted by Crippen LogP contribution is -2.25. The number of nitrogen functional groups attached to an aromatic ring is 1. The second-order valence-electron chi connectivity index (χ2n) is 5.26. The van der Waals surface area contributed by atoms with Crippen molar-refractivity contribution in [2.45, 2.75) is 32.7 Å². The first-order chi connectivity index (χ1) is 10.1. The quantitative estimate of drug-likeness (QED) is 0.856. The average molecular weight is 287 g/mol. The number of anilines is 1. The molecule has 0 aliphatic carbocycles. The summed E-state index contributed by atoms with van der Waals surface area (Å²) in [5, 5.41) is 3.52. The molecular formula is C17H22FN3. The van der Waals surface area contributed by atoms with Gasteiger partial charge in [0.15, 0.2) is 0 Å². The molecule has 1 aromatic heterocycles. The fourth-order valence-corrected chi connectivity index (χ4v) is 2.48. The summed E-state index contributed by atoms with van der Waals surface area (Å²) < 4.78 is 13.3. The van der Waals surface area contributed by atoms with Gasteiger partial charge in [-0.3, -0.25) is 0 Å². The number of benzene rings is 1. The predicted octanol–water partition coefficient (Wildman–Crippen LogP) is 3.39. The lowest BCUT2D eigenvalue weighted by Gasteiger charge is -2.21. The van der Waals surface area contributed by atoms with Crippen LogP contribution in [-0.2, 0) is 6.42 Å². The average Bonchev–Trinajstić information content (AvgIpc) is 2.46. The molecule has 0 radical (unpaired) electrons. The van der Waals surface area contributed by atoms with Crippen molar-refractivity contribution < 1.29 is 4.39 Å². The van der Waals surface area contributed by atoms with Crippen LogP contribution < -0.4 is 11.1 Å². The van der Waals surface area contributed by atoms with Crippen LogP contribution in [-0.4, -0.2) is 11.5 Å². The van der Waals surface area contributed by atoms with Crippen molar-refractivity contribution >= 4 is 5.82 Å². The fraction of sp³-hybridized carbons (Fsp3) is 0.353. The number of nitrogens with zero attached hydrogens (tertiary/aromatic N) is 1. The number of aryl methyl sites for hydroxylation is 1. The molecule has 0 aliphatic heterocycles. The standard InChI is InChI=1S/C17H22FN3/c1-3-8-20-16(11-13-5-4-9-21-17(13)19)15-7-6-14(18)10-12(15)2/h4-7,9-10,16,20H,3,8,11H2,1-2H3,(H2,19,21). The number of pyridine rings is 1. The summed E-state index contributed by atoms with van der Waals surface area (Å²) in [6, 6.07) is 8.92. The smallest absolute Gasteiger partial charge is 0.126 e. The minimum atomic E-state index is -0.202. The van der Waals surface area contributed by atoms with E-state index in [9.17, 15) is 4.39 Å². The highest BCUT2D eigenvalue weighted by Gasteiger charge is 2.15. The summed E-state index contributed by atoms with van der Waals surface area (Å²) in [6.45, 7) is 4.97. The van der Waals surface area contributed by atoms with Gasteiger partial charge in [0, 0.05) is 12.2 Å². The molecule has 0 spiro atoms. The second kappa shape index (κ2) is 7.18. The molecule has 112 valence electrons. The Morgan fingerprint density at radius 1 is 1.33 bits per heavy atom. The number of rotatable bonds is 6. The van der Waals surface area contributed by atoms with E-state index in [-0.39, 0.29) is 11.9 Å². The fourth-order valence-electron chi connectivity index (χ4n) is 2.48. The summed E-state index contributed by atoms with van der Waals surface area (Å²) in [5.74, 6) is 0.354. The van der Waals surface area contributed by atoms with E-state index >= 15 is 0 Å². The van der Waals surface area contributed by atoms with Gasteiger partial charge in [0.05, 0.1) is 0 Å². The Morgan fingerprint density at radius 2 is 2.14 bits per heavy atom. The van der Waals surface area contributed by atoms with Gasteiger partial charge in [0.2, 0.25) is 0 Å². The molecule has 0 amide bonds. The lowest BCUT2D eigenvalue weighted by molar-refractivity contribution is 0.525. The first-order valence-corrected chi connectivity index (χ1v) is 7.30. The third kappa shape index (κ3) is 4.02. The highest BCUT2D eigenvalue weighted by Crippen LogP contribution is 2.24. The third-order valence-electron chi connectivity index (χ3n) is 3.60. The van der Waals surface area contributed by atoms with Gasteiger partial charge < -0.3 is 11.1 Å². The Morgan fingerprint density at radius 3 is 2.81 bits per heavy atom. The molecule has 1 unspecified atom stereocenters. The predicted molar refractivity (Wildman–Crippen MR) is 84.5 cm³/mol. The van der Waals surface area contributed by atoms with E-state index < -0.39 is 0 Å². The normalized spacial score (nSPS) is 12.3. The minimum absolute atomic E-state index is 0.108. The summed E-state index contributed by atoms with van der Waals surface area (Å²) >= 11 is 0. The van der Waals surface area contributed by atoms with Crippen LogP contribution in [0.3, 0.4) is 0 Å². The first-order valence-electron chi connectivity index (χ1n) is 7.30. The zero-order valence-electron chi connectivity index (χ0n) is 12.6. The summed E-state index contributed by atoms with van der Waals surface area (Å²) in [7, 11) is 0. The molecule has 1 heterocycles. The molecule has 3 nitrogen and oxygen atoms in total. The van der Waals surface area contributed by atoms with Gasteiger partial charge >= 0.3 is 0 Å². The molecule has 2 rings (SSSR count). The molecule has 1 aromatic carbocycles. The van der Waals surface area contributed by atoms with Crippen molar-refractivity contribution in [1.29, 1.82) is 0 Å². The topological polar surface area (TPSA) is 50.9 Å². The lowest BCUT2D eigenvalue weighted by atomic mass is 9.95. The highest BCUT2D eigenvalue weighted by molar-refractivity contribution is 5.40. The number of halogens is 1. The Balaban J connectivity index is 2.27. The second-order valence-corrected chi connectivity index (χ2v) is 5.26. The molecule has 0 saturated carbocycles. The van der Waals surface area contributed by atoms with Crippen LogP contribution in [0.25, 0.3) is 0 Å². The number of nitrogens with two attached hydrogens (primary N) is 1. The first kappa shape index (κ1) is 15.4. The van der Waals surface area contributed by atoms with Crippen molar-refractivity contribution in [2.24, 2.45) is 0 Å². The van der Waals surface area contributed by atoms with Gasteiger partial charge in [-0.25, -0.2) is 9.37 Å². The van der Waals surface area contributed by atoms with Gasteiger partial charge in [0.25, 0.3) is 0 Å². The molecule has 21 heavy (non-hydrogen) atoms. The van der Waals surface area contributed by atoms with Gasteiger partial charge in [-0.1, -0.05) is 19.1 Å². The maximum atomic E-state index is 13.3. The number of hydrogen-bond acceptors (Lipinski definition) is 3. The number of aromatic nitrogens is 1. The highest BCUT2D eigenvalue weighted by atomic mass is 19.1. The van der Waals surface area contributed by atoms with Crippen LogP contribution >= 0.6 is 0 Å². The number of hydrogen-bond donors (Lipinski definition) is 2. The number of nitrogens with one attached hydrogen (secondary N) is 1. The van der Waals surface area contributed by atoms with Crippen LogP contribution in [0.5, 0.6) is 0 Å². The molecule has 0 saturated heterocycles. The van der Waals surface area contributed by atoms with Gasteiger partial charge in [-0.05, 0) is 61.2 Å². The van der Waals surface area contributed by atoms with E-state index in [1.54, 1.807) is 12.3 Å². The van der Waals surface area contributed by atoms with Gasteiger partial charge in [0.1, 0.15) is 11.6 Å². The van der Waals surface area contributed by atoms with Crippen LogP contribution in [0.1, 0.15) is 36.1 Å². The van der Waals surface area contributed by atoms with E-state index in [1.165, 1.54) is 6.07 Å². The van der Waals surface area contributed by atoms with E-state index in [0.29, 0.717) is 5.82 Å². The zero-order chi connectivity index (χ0) is 15.2. The monoisotopic (exact) mass is 287 g/mol. The van der Waals surface area contributed by atoms with Crippen LogP contribution in [0.15, 0.2) is 36.5 Å². The molecule has 2 aromatic rings. The molecule has 4 heteroatoms. The Kier molecular flexibility index (Phi) is 5.28. The third-order valence-corrected chi connectivity index (χ3v) is 3.60. The van der Waals surface area contributed by atoms with Gasteiger partial charge in [-0.2, -0.15) is 0 Å². The van der Waals surface area contributed by atoms with Crippen LogP contribution in [0, 0.1) is 12.7 Å². The maximum absolute atomic E-state index is 13.3. The Bertz CT molecular complexity index is 598. The van der Waals surface area contributed by atoms with Crippen LogP contribution in [0.2, 0.25) is 0 Å². The van der Waals surface area contributed by atoms with Crippen molar-refractivity contribution in [3.05, 3.63) is 59.0 Å². The summed E-state index contributed by atoms with van der Waals surface area (Å²) in [6.07, 6.45) is 3.47. The molecular weight excluding hydrogens is 265 g/mol. The zero-order valence-corrected chi connectivity index (χ0v) is 12.6. The van der Waals surface area contributed by atoms with E-state index in [1.807, 2.05) is 25.1 Å². The van der Waals surface area contributed by atoms with E-state index in [2.05, 4.69) is 17.2 Å². The van der Waals surface area contributed by atoms with Crippen molar-refractivity contribution in [1.82, 2.24) is 10.3 Å². The van der Waals surface area contributed by atoms with Crippen LogP contribution in [0.4, 0.5) is 10.2 Å².